The van der Waals surface area contributed by atoms with Gasteiger partial charge >= 0.3 is 0 Å². The standard InChI is InChI=1S/C29H37FN4O3/c1-3-32(4-2)29(37)25-20-24(31-27(35)21-10-12-23(30)13-11-21)14-15-26(25)33-16-7-17-34(19-18-33)28(36)22-8-5-6-9-22/h10-15,20,22H,3-9,16-19H2,1-2H3,(H,31,35). The van der Waals surface area contributed by atoms with Crippen LogP contribution in [0, 0.1) is 11.7 Å². The molecular weight excluding hydrogens is 471 g/mol. The van der Waals surface area contributed by atoms with Crippen molar-refractivity contribution < 1.29 is 18.8 Å². The van der Waals surface area contributed by atoms with Gasteiger partial charge in [-0.1, -0.05) is 12.8 Å². The van der Waals surface area contributed by atoms with Crippen molar-refractivity contribution in [2.24, 2.45) is 5.92 Å². The van der Waals surface area contributed by atoms with Crippen LogP contribution in [0.4, 0.5) is 15.8 Å². The van der Waals surface area contributed by atoms with Crippen molar-refractivity contribution in [3.8, 4) is 0 Å². The highest BCUT2D eigenvalue weighted by Crippen LogP contribution is 2.29. The number of amides is 3. The summed E-state index contributed by atoms with van der Waals surface area (Å²) >= 11 is 0. The Morgan fingerprint density at radius 2 is 1.62 bits per heavy atom. The first kappa shape index (κ1) is 26.6. The first-order valence-electron chi connectivity index (χ1n) is 13.4. The van der Waals surface area contributed by atoms with Gasteiger partial charge in [-0.05, 0) is 75.6 Å². The second-order valence-corrected chi connectivity index (χ2v) is 9.82. The van der Waals surface area contributed by atoms with Crippen LogP contribution in [0.1, 0.15) is 66.7 Å². The van der Waals surface area contributed by atoms with Gasteiger partial charge in [-0.2, -0.15) is 0 Å². The molecular formula is C29H37FN4O3. The van der Waals surface area contributed by atoms with E-state index < -0.39 is 5.82 Å². The molecule has 0 bridgehead atoms. The molecule has 3 amide bonds. The third-order valence-corrected chi connectivity index (χ3v) is 7.49. The molecule has 198 valence electrons. The zero-order chi connectivity index (χ0) is 26.4. The van der Waals surface area contributed by atoms with Crippen LogP contribution in [0.5, 0.6) is 0 Å². The Balaban J connectivity index is 1.56. The molecule has 7 nitrogen and oxygen atoms in total. The van der Waals surface area contributed by atoms with E-state index in [9.17, 15) is 18.8 Å². The molecule has 2 aromatic rings. The van der Waals surface area contributed by atoms with Gasteiger partial charge in [-0.3, -0.25) is 14.4 Å². The topological polar surface area (TPSA) is 73.0 Å². The highest BCUT2D eigenvalue weighted by Gasteiger charge is 2.29. The molecule has 0 aromatic heterocycles. The SMILES string of the molecule is CCN(CC)C(=O)c1cc(NC(=O)c2ccc(F)cc2)ccc1N1CCCN(C(=O)C2CCCC2)CC1. The molecule has 1 N–H and O–H groups in total. The number of hydrogen-bond acceptors (Lipinski definition) is 4. The van der Waals surface area contributed by atoms with Gasteiger partial charge in [-0.15, -0.1) is 0 Å². The molecule has 2 fully saturated rings. The minimum atomic E-state index is -0.408. The fraction of sp³-hybridized carbons (Fsp3) is 0.483. The maximum absolute atomic E-state index is 13.5. The van der Waals surface area contributed by atoms with E-state index in [4.69, 9.17) is 0 Å². The van der Waals surface area contributed by atoms with E-state index in [1.807, 2.05) is 24.8 Å². The predicted octanol–water partition coefficient (Wildman–Crippen LogP) is 4.79. The van der Waals surface area contributed by atoms with Crippen LogP contribution in [0.2, 0.25) is 0 Å². The molecule has 1 heterocycles. The summed E-state index contributed by atoms with van der Waals surface area (Å²) in [4.78, 5) is 45.2. The van der Waals surface area contributed by atoms with Gasteiger partial charge in [-0.25, -0.2) is 4.39 Å². The molecule has 0 spiro atoms. The molecule has 4 rings (SSSR count). The Kier molecular flexibility index (Phi) is 8.79. The summed E-state index contributed by atoms with van der Waals surface area (Å²) in [5.41, 5.74) is 2.17. The monoisotopic (exact) mass is 508 g/mol. The van der Waals surface area contributed by atoms with Gasteiger partial charge < -0.3 is 20.0 Å². The summed E-state index contributed by atoms with van der Waals surface area (Å²) < 4.78 is 13.3. The van der Waals surface area contributed by atoms with E-state index in [2.05, 4.69) is 10.2 Å². The van der Waals surface area contributed by atoms with E-state index in [0.717, 1.165) is 50.9 Å². The zero-order valence-electron chi connectivity index (χ0n) is 21.8. The quantitative estimate of drug-likeness (QED) is 0.584. The first-order valence-corrected chi connectivity index (χ1v) is 13.4. The van der Waals surface area contributed by atoms with Crippen LogP contribution in [0.15, 0.2) is 42.5 Å². The first-order chi connectivity index (χ1) is 17.9. The average Bonchev–Trinajstić information content (AvgIpc) is 3.34. The predicted molar refractivity (Wildman–Crippen MR) is 143 cm³/mol. The minimum absolute atomic E-state index is 0.0963. The summed E-state index contributed by atoms with van der Waals surface area (Å²) in [5, 5.41) is 2.84. The largest absolute Gasteiger partial charge is 0.369 e. The lowest BCUT2D eigenvalue weighted by atomic mass is 10.1. The minimum Gasteiger partial charge on any atom is -0.369 e. The number of rotatable bonds is 7. The van der Waals surface area contributed by atoms with Gasteiger partial charge in [0, 0.05) is 62.1 Å². The number of nitrogens with zero attached hydrogens (tertiary/aromatic N) is 3. The van der Waals surface area contributed by atoms with Gasteiger partial charge in [0.2, 0.25) is 5.91 Å². The highest BCUT2D eigenvalue weighted by molar-refractivity contribution is 6.06. The molecule has 1 aliphatic carbocycles. The Labute approximate surface area is 218 Å². The second-order valence-electron chi connectivity index (χ2n) is 9.82. The van der Waals surface area contributed by atoms with E-state index in [-0.39, 0.29) is 23.6 Å². The number of hydrogen-bond donors (Lipinski definition) is 1. The maximum Gasteiger partial charge on any atom is 0.256 e. The molecule has 37 heavy (non-hydrogen) atoms. The van der Waals surface area contributed by atoms with Crippen LogP contribution in [-0.2, 0) is 4.79 Å². The molecule has 0 unspecified atom stereocenters. The van der Waals surface area contributed by atoms with Crippen molar-refractivity contribution in [2.45, 2.75) is 46.0 Å². The number of benzene rings is 2. The normalized spacial score (nSPS) is 16.4. The van der Waals surface area contributed by atoms with Gasteiger partial charge in [0.1, 0.15) is 5.82 Å². The van der Waals surface area contributed by atoms with Crippen LogP contribution < -0.4 is 10.2 Å². The van der Waals surface area contributed by atoms with Crippen LogP contribution >= 0.6 is 0 Å². The Morgan fingerprint density at radius 1 is 0.919 bits per heavy atom. The molecule has 1 saturated carbocycles. The van der Waals surface area contributed by atoms with E-state index in [1.165, 1.54) is 24.3 Å². The van der Waals surface area contributed by atoms with Gasteiger partial charge in [0.15, 0.2) is 0 Å². The highest BCUT2D eigenvalue weighted by atomic mass is 19.1. The molecule has 1 saturated heterocycles. The van der Waals surface area contributed by atoms with Crippen LogP contribution in [0.3, 0.4) is 0 Å². The number of anilines is 2. The van der Waals surface area contributed by atoms with Crippen molar-refractivity contribution in [1.29, 1.82) is 0 Å². The van der Waals surface area contributed by atoms with Gasteiger partial charge in [0.25, 0.3) is 11.8 Å². The van der Waals surface area contributed by atoms with Crippen molar-refractivity contribution >= 4 is 29.1 Å². The fourth-order valence-corrected chi connectivity index (χ4v) is 5.36. The smallest absolute Gasteiger partial charge is 0.256 e. The Morgan fingerprint density at radius 3 is 2.30 bits per heavy atom. The van der Waals surface area contributed by atoms with Crippen molar-refractivity contribution in [3.63, 3.8) is 0 Å². The van der Waals surface area contributed by atoms with Gasteiger partial charge in [0.05, 0.1) is 5.56 Å². The fourth-order valence-electron chi connectivity index (χ4n) is 5.36. The molecule has 2 aliphatic rings. The lowest BCUT2D eigenvalue weighted by Gasteiger charge is -2.28. The summed E-state index contributed by atoms with van der Waals surface area (Å²) in [6, 6.07) is 10.7. The Hall–Kier alpha value is -3.42. The summed E-state index contributed by atoms with van der Waals surface area (Å²) in [7, 11) is 0. The number of nitrogens with one attached hydrogen (secondary N) is 1. The van der Waals surface area contributed by atoms with Crippen LogP contribution in [-0.4, -0.2) is 66.8 Å². The molecule has 1 aliphatic heterocycles. The lowest BCUT2D eigenvalue weighted by Crippen LogP contribution is -2.38. The van der Waals surface area contributed by atoms with Crippen LogP contribution in [0.25, 0.3) is 0 Å². The van der Waals surface area contributed by atoms with E-state index in [0.29, 0.717) is 43.0 Å². The summed E-state index contributed by atoms with van der Waals surface area (Å²) in [5.74, 6) is -0.437. The second kappa shape index (κ2) is 12.2. The number of carbonyl (C=O) groups excluding carboxylic acids is 3. The summed E-state index contributed by atoms with van der Waals surface area (Å²) in [6.45, 7) is 7.80. The third kappa shape index (κ3) is 6.29. The third-order valence-electron chi connectivity index (χ3n) is 7.49. The number of halogens is 1. The Bertz CT molecular complexity index is 1110. The molecule has 0 atom stereocenters. The van der Waals surface area contributed by atoms with Crippen molar-refractivity contribution in [3.05, 3.63) is 59.4 Å². The lowest BCUT2D eigenvalue weighted by molar-refractivity contribution is -0.135. The molecule has 2 aromatic carbocycles. The average molecular weight is 509 g/mol. The van der Waals surface area contributed by atoms with Crippen molar-refractivity contribution in [2.75, 3.05) is 49.5 Å². The zero-order valence-corrected chi connectivity index (χ0v) is 21.8. The van der Waals surface area contributed by atoms with Crippen molar-refractivity contribution in [1.82, 2.24) is 9.80 Å². The molecule has 0 radical (unpaired) electrons. The summed E-state index contributed by atoms with van der Waals surface area (Å²) in [6.07, 6.45) is 5.09. The number of carbonyl (C=O) groups is 3. The van der Waals surface area contributed by atoms with E-state index in [1.54, 1.807) is 17.0 Å². The molecule has 8 heteroatoms. The van der Waals surface area contributed by atoms with E-state index >= 15 is 0 Å². The maximum atomic E-state index is 13.5.